The Hall–Kier alpha value is -1.17. The molecule has 0 aliphatic rings. The van der Waals surface area contributed by atoms with Gasteiger partial charge in [-0.25, -0.2) is 13.6 Å². The molecule has 0 saturated carbocycles. The lowest BCUT2D eigenvalue weighted by atomic mass is 10.1. The molecule has 0 radical (unpaired) electrons. The van der Waals surface area contributed by atoms with E-state index in [1.54, 1.807) is 0 Å². The van der Waals surface area contributed by atoms with Crippen LogP contribution in [-0.4, -0.2) is 12.6 Å². The van der Waals surface area contributed by atoms with Crippen molar-refractivity contribution in [1.82, 2.24) is 0 Å². The zero-order chi connectivity index (χ0) is 11.6. The molecule has 82 valence electrons. The highest BCUT2D eigenvalue weighted by molar-refractivity contribution is 9.10. The molecule has 0 bridgehead atoms. The second-order valence-electron chi connectivity index (χ2n) is 2.66. The fraction of sp³-hybridized carbons (Fsp3) is 0.222. The average molecular weight is 280 g/mol. The first-order valence-electron chi connectivity index (χ1n) is 4.09. The normalized spacial score (nSPS) is 10.1. The van der Waals surface area contributed by atoms with Gasteiger partial charge in [0, 0.05) is 4.47 Å². The maximum Gasteiger partial charge on any atom is 0.344 e. The summed E-state index contributed by atoms with van der Waals surface area (Å²) in [5, 5.41) is 0. The molecule has 1 aromatic rings. The fourth-order valence-corrected chi connectivity index (χ4v) is 1.37. The van der Waals surface area contributed by atoms with Crippen LogP contribution in [0.25, 0.3) is 0 Å². The van der Waals surface area contributed by atoms with Crippen LogP contribution in [0.2, 0.25) is 0 Å². The smallest absolute Gasteiger partial charge is 0.344 e. The maximum absolute atomic E-state index is 13.4. The van der Waals surface area contributed by atoms with E-state index in [1.165, 1.54) is 6.92 Å². The van der Waals surface area contributed by atoms with Crippen LogP contribution in [0.4, 0.5) is 14.5 Å². The highest BCUT2D eigenvalue weighted by Gasteiger charge is 2.22. The van der Waals surface area contributed by atoms with Gasteiger partial charge in [0.15, 0.2) is 5.82 Å². The standard InChI is InChI=1S/C9H8BrF2NO2/c1-2-15-9(14)6-5(11)3-4(10)8(13)7(6)12/h3H,2,13H2,1H3. The Kier molecular flexibility index (Phi) is 3.62. The topological polar surface area (TPSA) is 52.3 Å². The number of esters is 1. The van der Waals surface area contributed by atoms with Crippen molar-refractivity contribution in [2.75, 3.05) is 12.3 Å². The number of halogens is 3. The second kappa shape index (κ2) is 4.57. The number of carbonyl (C=O) groups is 1. The van der Waals surface area contributed by atoms with Crippen molar-refractivity contribution in [3.63, 3.8) is 0 Å². The van der Waals surface area contributed by atoms with Gasteiger partial charge in [0.05, 0.1) is 12.3 Å². The van der Waals surface area contributed by atoms with E-state index in [0.29, 0.717) is 0 Å². The number of benzene rings is 1. The van der Waals surface area contributed by atoms with Crippen molar-refractivity contribution in [3.05, 3.63) is 27.7 Å². The lowest BCUT2D eigenvalue weighted by Gasteiger charge is -2.07. The Balaban J connectivity index is 3.29. The van der Waals surface area contributed by atoms with Crippen molar-refractivity contribution in [2.45, 2.75) is 6.92 Å². The molecule has 0 spiro atoms. The highest BCUT2D eigenvalue weighted by atomic mass is 79.9. The van der Waals surface area contributed by atoms with E-state index >= 15 is 0 Å². The summed E-state index contributed by atoms with van der Waals surface area (Å²) < 4.78 is 31.2. The lowest BCUT2D eigenvalue weighted by molar-refractivity contribution is 0.0515. The Morgan fingerprint density at radius 1 is 1.60 bits per heavy atom. The molecule has 0 amide bonds. The van der Waals surface area contributed by atoms with E-state index in [1.807, 2.05) is 0 Å². The van der Waals surface area contributed by atoms with Gasteiger partial charge in [-0.3, -0.25) is 0 Å². The molecule has 0 atom stereocenters. The van der Waals surface area contributed by atoms with Gasteiger partial charge in [-0.15, -0.1) is 0 Å². The molecule has 1 rings (SSSR count). The summed E-state index contributed by atoms with van der Waals surface area (Å²) in [4.78, 5) is 11.2. The first-order chi connectivity index (χ1) is 6.99. The van der Waals surface area contributed by atoms with Gasteiger partial charge in [0.2, 0.25) is 0 Å². The summed E-state index contributed by atoms with van der Waals surface area (Å²) in [7, 11) is 0. The van der Waals surface area contributed by atoms with Crippen LogP contribution in [0, 0.1) is 11.6 Å². The Morgan fingerprint density at radius 2 is 2.20 bits per heavy atom. The van der Waals surface area contributed by atoms with Crippen LogP contribution < -0.4 is 5.73 Å². The first-order valence-corrected chi connectivity index (χ1v) is 4.88. The quantitative estimate of drug-likeness (QED) is 0.669. The monoisotopic (exact) mass is 279 g/mol. The maximum atomic E-state index is 13.4. The van der Waals surface area contributed by atoms with E-state index < -0.39 is 23.2 Å². The van der Waals surface area contributed by atoms with Crippen molar-refractivity contribution >= 4 is 27.6 Å². The molecular weight excluding hydrogens is 272 g/mol. The zero-order valence-electron chi connectivity index (χ0n) is 7.81. The second-order valence-corrected chi connectivity index (χ2v) is 3.52. The van der Waals surface area contributed by atoms with Gasteiger partial charge in [0.1, 0.15) is 11.4 Å². The Bertz CT molecular complexity index is 410. The molecular formula is C9H8BrF2NO2. The number of carbonyl (C=O) groups excluding carboxylic acids is 1. The minimum Gasteiger partial charge on any atom is -0.462 e. The third-order valence-corrected chi connectivity index (χ3v) is 2.34. The third kappa shape index (κ3) is 2.26. The number of nitrogen functional groups attached to an aromatic ring is 1. The molecule has 15 heavy (non-hydrogen) atoms. The van der Waals surface area contributed by atoms with E-state index in [2.05, 4.69) is 20.7 Å². The summed E-state index contributed by atoms with van der Waals surface area (Å²) in [5.41, 5.74) is 4.20. The predicted octanol–water partition coefficient (Wildman–Crippen LogP) is 2.49. The third-order valence-electron chi connectivity index (χ3n) is 1.69. The molecule has 3 nitrogen and oxygen atoms in total. The zero-order valence-corrected chi connectivity index (χ0v) is 9.40. The van der Waals surface area contributed by atoms with Gasteiger partial charge < -0.3 is 10.5 Å². The number of rotatable bonds is 2. The lowest BCUT2D eigenvalue weighted by Crippen LogP contribution is -2.12. The van der Waals surface area contributed by atoms with Crippen LogP contribution >= 0.6 is 15.9 Å². The molecule has 0 aliphatic carbocycles. The van der Waals surface area contributed by atoms with Gasteiger partial charge in [0.25, 0.3) is 0 Å². The minimum atomic E-state index is -1.11. The summed E-state index contributed by atoms with van der Waals surface area (Å²) in [6.45, 7) is 1.57. The van der Waals surface area contributed by atoms with E-state index in [-0.39, 0.29) is 16.8 Å². The molecule has 0 unspecified atom stereocenters. The van der Waals surface area contributed by atoms with Crippen molar-refractivity contribution in [2.24, 2.45) is 0 Å². The number of ether oxygens (including phenoxy) is 1. The van der Waals surface area contributed by atoms with Gasteiger partial charge in [-0.05, 0) is 28.9 Å². The molecule has 0 aliphatic heterocycles. The number of anilines is 1. The highest BCUT2D eigenvalue weighted by Crippen LogP contribution is 2.27. The Labute approximate surface area is 93.3 Å². The summed E-state index contributed by atoms with van der Waals surface area (Å²) in [6, 6.07) is 0.921. The van der Waals surface area contributed by atoms with Crippen LogP contribution in [-0.2, 0) is 4.74 Å². The number of hydrogen-bond acceptors (Lipinski definition) is 3. The molecule has 6 heteroatoms. The van der Waals surface area contributed by atoms with Crippen molar-refractivity contribution in [3.8, 4) is 0 Å². The van der Waals surface area contributed by atoms with Gasteiger partial charge in [-0.1, -0.05) is 0 Å². The fourth-order valence-electron chi connectivity index (χ4n) is 0.996. The molecule has 2 N–H and O–H groups in total. The largest absolute Gasteiger partial charge is 0.462 e. The molecule has 1 aromatic carbocycles. The summed E-state index contributed by atoms with van der Waals surface area (Å²) >= 11 is 2.86. The minimum absolute atomic E-state index is 0.0354. The summed E-state index contributed by atoms with van der Waals surface area (Å²) in [5.74, 6) is -3.18. The van der Waals surface area contributed by atoms with Crippen LogP contribution in [0.3, 0.4) is 0 Å². The van der Waals surface area contributed by atoms with Gasteiger partial charge in [-0.2, -0.15) is 0 Å². The van der Waals surface area contributed by atoms with E-state index in [4.69, 9.17) is 5.73 Å². The molecule has 0 aromatic heterocycles. The van der Waals surface area contributed by atoms with Crippen molar-refractivity contribution in [1.29, 1.82) is 0 Å². The number of nitrogens with two attached hydrogens (primary N) is 1. The predicted molar refractivity (Wildman–Crippen MR) is 54.4 cm³/mol. The van der Waals surface area contributed by atoms with Crippen LogP contribution in [0.5, 0.6) is 0 Å². The SMILES string of the molecule is CCOC(=O)c1c(F)cc(Br)c(N)c1F. The average Bonchev–Trinajstić information content (AvgIpc) is 2.15. The molecule has 0 fully saturated rings. The molecule has 0 heterocycles. The van der Waals surface area contributed by atoms with E-state index in [0.717, 1.165) is 6.07 Å². The Morgan fingerprint density at radius 3 is 2.73 bits per heavy atom. The first kappa shape index (κ1) is 11.9. The number of hydrogen-bond donors (Lipinski definition) is 1. The van der Waals surface area contributed by atoms with Gasteiger partial charge >= 0.3 is 5.97 Å². The van der Waals surface area contributed by atoms with Crippen molar-refractivity contribution < 1.29 is 18.3 Å². The van der Waals surface area contributed by atoms with Crippen LogP contribution in [0.1, 0.15) is 17.3 Å². The van der Waals surface area contributed by atoms with Crippen LogP contribution in [0.15, 0.2) is 10.5 Å². The van der Waals surface area contributed by atoms with E-state index in [9.17, 15) is 13.6 Å². The molecule has 0 saturated heterocycles. The summed E-state index contributed by atoms with van der Waals surface area (Å²) in [6.07, 6.45) is 0.